The molecule has 5 aliphatic rings. The van der Waals surface area contributed by atoms with Crippen LogP contribution in [0.4, 0.5) is 9.18 Å². The molecular formula is C60H79FN12O19. The van der Waals surface area contributed by atoms with Gasteiger partial charge in [-0.2, -0.15) is 0 Å². The summed E-state index contributed by atoms with van der Waals surface area (Å²) in [5.41, 5.74) is 11.1. The maximum atomic E-state index is 15.0. The third kappa shape index (κ3) is 18.3. The number of fused-ring (bicyclic) bond motifs is 2. The fraction of sp³-hybridized carbons (Fsp3) is 0.533. The number of urea groups is 1. The summed E-state index contributed by atoms with van der Waals surface area (Å²) in [4.78, 5) is 167. The van der Waals surface area contributed by atoms with E-state index in [1.807, 2.05) is 0 Å². The molecule has 31 nitrogen and oxygen atoms in total. The number of nitrogens with one attached hydrogen (secondary N) is 10. The Labute approximate surface area is 527 Å². The Morgan fingerprint density at radius 1 is 0.848 bits per heavy atom. The van der Waals surface area contributed by atoms with Crippen molar-refractivity contribution in [2.45, 2.75) is 146 Å². The van der Waals surface area contributed by atoms with Gasteiger partial charge in [0, 0.05) is 49.7 Å². The molecule has 10 atom stereocenters. The Morgan fingerprint density at radius 2 is 1.57 bits per heavy atom. The predicted octanol–water partition coefficient (Wildman–Crippen LogP) is -3.85. The van der Waals surface area contributed by atoms with Crippen LogP contribution in [-0.4, -0.2) is 199 Å². The van der Waals surface area contributed by atoms with Crippen molar-refractivity contribution < 1.29 is 96.2 Å². The first-order chi connectivity index (χ1) is 43.6. The number of amides is 11. The van der Waals surface area contributed by atoms with Crippen LogP contribution in [0.2, 0.25) is 0 Å². The summed E-state index contributed by atoms with van der Waals surface area (Å²) < 4.78 is 31.3. The number of carbonyl (C=O) groups is 13. The van der Waals surface area contributed by atoms with Gasteiger partial charge in [-0.1, -0.05) is 26.8 Å². The molecule has 1 saturated carbocycles. The minimum Gasteiger partial charge on any atom is -0.458 e. The summed E-state index contributed by atoms with van der Waals surface area (Å²) in [6, 6.07) is -3.22. The van der Waals surface area contributed by atoms with Crippen LogP contribution in [0.25, 0.3) is 5.57 Å². The summed E-state index contributed by atoms with van der Waals surface area (Å²) in [7, 11) is 0. The molecule has 2 fully saturated rings. The van der Waals surface area contributed by atoms with E-state index in [9.17, 15) is 83.1 Å². The minimum absolute atomic E-state index is 0.0158. The predicted molar refractivity (Wildman–Crippen MR) is 319 cm³/mol. The smallest absolute Gasteiger partial charge is 0.343 e. The molecule has 6 rings (SSSR count). The van der Waals surface area contributed by atoms with Crippen LogP contribution in [0, 0.1) is 30.0 Å². The first-order valence-corrected chi connectivity index (χ1v) is 29.9. The van der Waals surface area contributed by atoms with Crippen LogP contribution in [0.15, 0.2) is 52.7 Å². The van der Waals surface area contributed by atoms with E-state index in [0.717, 1.165) is 12.2 Å². The molecule has 2 heterocycles. The summed E-state index contributed by atoms with van der Waals surface area (Å²) in [5.74, 6) is -10.6. The second kappa shape index (κ2) is 32.8. The lowest BCUT2D eigenvalue weighted by Crippen LogP contribution is -2.58. The molecule has 0 radical (unpaired) electrons. The number of esters is 1. The highest BCUT2D eigenvalue weighted by atomic mass is 19.1. The number of benzene rings is 1. The van der Waals surface area contributed by atoms with Gasteiger partial charge in [0.2, 0.25) is 53.2 Å². The molecular weight excluding hydrogens is 1210 g/mol. The van der Waals surface area contributed by atoms with E-state index in [0.29, 0.717) is 40.5 Å². The van der Waals surface area contributed by atoms with E-state index in [1.165, 1.54) is 12.1 Å². The van der Waals surface area contributed by atoms with E-state index in [2.05, 4.69) is 47.9 Å². The monoisotopic (exact) mass is 1290 g/mol. The number of carbonyl (C=O) groups excluding carboxylic acids is 13. The highest BCUT2D eigenvalue weighted by Crippen LogP contribution is 2.48. The zero-order valence-electron chi connectivity index (χ0n) is 51.2. The average molecular weight is 1290 g/mol. The van der Waals surface area contributed by atoms with Gasteiger partial charge >= 0.3 is 12.0 Å². The Morgan fingerprint density at radius 3 is 2.25 bits per heavy atom. The van der Waals surface area contributed by atoms with Crippen molar-refractivity contribution in [1.82, 2.24) is 47.9 Å². The van der Waals surface area contributed by atoms with Crippen LogP contribution in [0.3, 0.4) is 0 Å². The molecule has 0 bridgehead atoms. The molecule has 32 heteroatoms. The number of nitrogens with two attached hydrogens (primary N) is 2. The number of aliphatic hydroxyl groups is 3. The molecule has 1 aromatic rings. The Bertz CT molecular complexity index is 3240. The first-order valence-electron chi connectivity index (χ1n) is 29.9. The van der Waals surface area contributed by atoms with Crippen LogP contribution >= 0.6 is 0 Å². The zero-order valence-corrected chi connectivity index (χ0v) is 51.2. The van der Waals surface area contributed by atoms with Crippen molar-refractivity contribution in [3.8, 4) is 0 Å². The zero-order chi connectivity index (χ0) is 67.7. The Hall–Kier alpha value is -9.11. The van der Waals surface area contributed by atoms with Gasteiger partial charge in [-0.25, -0.2) is 14.0 Å². The molecule has 92 heavy (non-hydrogen) atoms. The number of hydrogen-bond acceptors (Lipinski definition) is 20. The van der Waals surface area contributed by atoms with Gasteiger partial charge in [0.15, 0.2) is 11.4 Å². The Kier molecular flexibility index (Phi) is 25.6. The maximum Gasteiger partial charge on any atom is 0.343 e. The summed E-state index contributed by atoms with van der Waals surface area (Å²) in [5, 5.41) is 64.0. The number of hydrogen-bond donors (Lipinski definition) is 15. The molecule has 0 spiro atoms. The standard InChI is InChI=1S/C60H79FN12O19/c1-5-60(89)36-21-32-33(52(81)35(36)25-91-58(60)87)20-34(50(32)63)49-31-10-12-37(61)29(4)30(31)11-13-38(49)70-48(80)26-90-27-69-55(84)39(8-6-17-66-59(64)88)72-57(86)51(28(2)3)73-56(85)40(71-46(78)16-18-65-47(79)24-68-44(76)9-7-19-74)14-15-45(77)67-23-42-54(83)53(82)41(92-42)22-43(62)75/h7,9-10,12,19,21,28,33,38-42,51,53-54,63,82-83,89H,5-6,8,11,13-18,20,22-27H2,1-4H3,(H2,62,75)(H,65,79)(H,67,77)(H,68,76)(H,69,84)(H,70,80)(H,71,78)(H,72,86)(H,73,85)(H3,64,66,88)/b9-7-,49-34+,63-50?/t33?,38-,39-,40-,41-,42+,51-,53-,54+,60-/m0/s1. The quantitative estimate of drug-likeness (QED) is 0.0111. The minimum atomic E-state index is -2.11. The van der Waals surface area contributed by atoms with Crippen molar-refractivity contribution >= 4 is 88.5 Å². The van der Waals surface area contributed by atoms with Crippen molar-refractivity contribution in [3.63, 3.8) is 0 Å². The van der Waals surface area contributed by atoms with Gasteiger partial charge in [-0.15, -0.1) is 0 Å². The van der Waals surface area contributed by atoms with E-state index in [1.54, 1.807) is 33.8 Å². The molecule has 0 aromatic heterocycles. The Balaban J connectivity index is 1.11. The maximum absolute atomic E-state index is 15.0. The number of primary amides is 2. The van der Waals surface area contributed by atoms with Crippen molar-refractivity contribution in [2.24, 2.45) is 23.3 Å². The highest BCUT2D eigenvalue weighted by molar-refractivity contribution is 6.24. The topological polar surface area (TPSA) is 494 Å². The molecule has 17 N–H and O–H groups in total. The number of rotatable bonds is 31. The van der Waals surface area contributed by atoms with Crippen LogP contribution in [0.1, 0.15) is 95.2 Å². The van der Waals surface area contributed by atoms with Crippen LogP contribution < -0.4 is 59.3 Å². The number of allylic oxidation sites excluding steroid dienone is 3. The first kappa shape index (κ1) is 72.0. The second-order valence-corrected chi connectivity index (χ2v) is 22.9. The van der Waals surface area contributed by atoms with Gasteiger partial charge in [-0.3, -0.25) is 52.7 Å². The number of cyclic esters (lactones) is 1. The number of ether oxygens (including phenoxy) is 3. The third-order valence-corrected chi connectivity index (χ3v) is 16.3. The number of aliphatic hydroxyl groups excluding tert-OH is 2. The number of ketones is 1. The van der Waals surface area contributed by atoms with Gasteiger partial charge in [0.1, 0.15) is 68.5 Å². The van der Waals surface area contributed by atoms with Gasteiger partial charge in [0.05, 0.1) is 36.7 Å². The average Bonchev–Trinajstić information content (AvgIpc) is 1.69. The van der Waals surface area contributed by atoms with Crippen molar-refractivity contribution in [2.75, 3.05) is 46.1 Å². The fourth-order valence-electron chi connectivity index (χ4n) is 11.3. The molecule has 1 unspecified atom stereocenters. The SMILES string of the molecule is CC[C@@]1(O)C(=O)OCC2=C1C=C1C(=N)/C(=C3\c4ccc(F)c(C)c4CC[C@@H]3NC(=O)COCNC(=O)[C@H](CCCNC(N)=O)NC(=O)[C@@H](NC(=O)[C@H](CCC(=O)NC[C@H]3O[C@@H](CC(N)=O)[C@H](O)[C@@H]3O)NC(=O)CCNC(=O)CNC(=O)/C=C\C=O)C(C)C)CC1C2=O. The number of halogens is 1. The van der Waals surface area contributed by atoms with Gasteiger partial charge in [-0.05, 0) is 109 Å². The van der Waals surface area contributed by atoms with E-state index in [-0.39, 0.29) is 80.8 Å². The largest absolute Gasteiger partial charge is 0.458 e. The number of Topliss-reactive ketones (excluding diaryl/α,β-unsaturated/α-hetero) is 1. The molecule has 1 saturated heterocycles. The van der Waals surface area contributed by atoms with E-state index in [4.69, 9.17) is 25.7 Å². The molecule has 3 aliphatic carbocycles. The molecule has 11 amide bonds. The van der Waals surface area contributed by atoms with E-state index >= 15 is 4.39 Å². The summed E-state index contributed by atoms with van der Waals surface area (Å²) in [6.07, 6.45) is -2.98. The second-order valence-electron chi connectivity index (χ2n) is 22.9. The summed E-state index contributed by atoms with van der Waals surface area (Å²) >= 11 is 0. The summed E-state index contributed by atoms with van der Waals surface area (Å²) in [6.45, 7) is 3.47. The van der Waals surface area contributed by atoms with Crippen LogP contribution in [0.5, 0.6) is 0 Å². The van der Waals surface area contributed by atoms with Crippen molar-refractivity contribution in [3.05, 3.63) is 75.2 Å². The fourth-order valence-corrected chi connectivity index (χ4v) is 11.3. The van der Waals surface area contributed by atoms with Crippen LogP contribution in [-0.2, 0) is 78.2 Å². The lowest BCUT2D eigenvalue weighted by Gasteiger charge is -2.35. The third-order valence-electron chi connectivity index (χ3n) is 16.3. The lowest BCUT2D eigenvalue weighted by atomic mass is 9.75. The van der Waals surface area contributed by atoms with Gasteiger partial charge < -0.3 is 94.3 Å². The van der Waals surface area contributed by atoms with Gasteiger partial charge in [0.25, 0.3) is 0 Å². The molecule has 2 aliphatic heterocycles. The highest BCUT2D eigenvalue weighted by Gasteiger charge is 2.51. The normalized spacial score (nSPS) is 23.3. The lowest BCUT2D eigenvalue weighted by molar-refractivity contribution is -0.163. The molecule has 1 aromatic carbocycles. The number of aldehydes is 1. The van der Waals surface area contributed by atoms with E-state index < -0.39 is 188 Å². The van der Waals surface area contributed by atoms with Crippen molar-refractivity contribution in [1.29, 1.82) is 5.41 Å². The molecule has 500 valence electrons.